The maximum Gasteiger partial charge on any atom is 0.272 e. The van der Waals surface area contributed by atoms with E-state index in [4.69, 9.17) is 0 Å². The third-order valence-electron chi connectivity index (χ3n) is 3.56. The molecule has 1 amide bonds. The Morgan fingerprint density at radius 3 is 2.67 bits per heavy atom. The van der Waals surface area contributed by atoms with Crippen molar-refractivity contribution < 1.29 is 14.1 Å². The Labute approximate surface area is 161 Å². The highest BCUT2D eigenvalue weighted by atomic mass is 32.2. The van der Waals surface area contributed by atoms with Crippen molar-refractivity contribution in [2.45, 2.75) is 17.0 Å². The van der Waals surface area contributed by atoms with Gasteiger partial charge in [-0.2, -0.15) is 0 Å². The van der Waals surface area contributed by atoms with Gasteiger partial charge in [0.25, 0.3) is 11.6 Å². The quantitative estimate of drug-likeness (QED) is 0.282. The number of hydrogen-bond acceptors (Lipinski definition) is 7. The lowest BCUT2D eigenvalue weighted by Crippen LogP contribution is -2.12. The summed E-state index contributed by atoms with van der Waals surface area (Å²) in [5.74, 6) is -0.102. The summed E-state index contributed by atoms with van der Waals surface area (Å²) in [4.78, 5) is 22.6. The number of rotatable bonds is 6. The molecule has 0 radical (unpaired) electrons. The van der Waals surface area contributed by atoms with Crippen LogP contribution in [0.3, 0.4) is 0 Å². The average molecular weight is 404 g/mol. The number of nitro benzene ring substituents is 1. The van der Waals surface area contributed by atoms with Crippen LogP contribution in [-0.2, 0) is 5.75 Å². The first-order valence-electron chi connectivity index (χ1n) is 7.69. The number of nitrogens with zero attached hydrogens (tertiary/aromatic N) is 3. The van der Waals surface area contributed by atoms with Crippen LogP contribution < -0.4 is 5.32 Å². The monoisotopic (exact) mass is 404 g/mol. The van der Waals surface area contributed by atoms with Gasteiger partial charge in [-0.05, 0) is 36.8 Å². The van der Waals surface area contributed by atoms with E-state index < -0.39 is 10.8 Å². The van der Waals surface area contributed by atoms with E-state index in [1.165, 1.54) is 53.4 Å². The van der Waals surface area contributed by atoms with Gasteiger partial charge < -0.3 is 0 Å². The van der Waals surface area contributed by atoms with Gasteiger partial charge in [0, 0.05) is 22.9 Å². The van der Waals surface area contributed by atoms with E-state index >= 15 is 0 Å². The topological polar surface area (TPSA) is 98.0 Å². The van der Waals surface area contributed by atoms with Crippen LogP contribution in [0, 0.1) is 22.9 Å². The molecule has 0 bridgehead atoms. The van der Waals surface area contributed by atoms with Gasteiger partial charge in [-0.25, -0.2) is 4.39 Å². The van der Waals surface area contributed by atoms with Gasteiger partial charge in [0.05, 0.1) is 4.92 Å². The molecule has 0 saturated carbocycles. The molecule has 10 heteroatoms. The molecule has 0 aliphatic carbocycles. The molecular formula is C17H13FN4O3S2. The second-order valence-electron chi connectivity index (χ2n) is 5.50. The molecule has 1 N–H and O–H groups in total. The molecular weight excluding hydrogens is 391 g/mol. The van der Waals surface area contributed by atoms with Crippen molar-refractivity contribution in [2.75, 3.05) is 5.32 Å². The summed E-state index contributed by atoms with van der Waals surface area (Å²) in [6.45, 7) is 1.57. The first kappa shape index (κ1) is 18.9. The molecule has 0 atom stereocenters. The highest BCUT2D eigenvalue weighted by Gasteiger charge is 2.15. The van der Waals surface area contributed by atoms with Gasteiger partial charge in [-0.3, -0.25) is 20.2 Å². The summed E-state index contributed by atoms with van der Waals surface area (Å²) in [6, 6.07) is 10.3. The second-order valence-corrected chi connectivity index (χ2v) is 7.70. The van der Waals surface area contributed by atoms with E-state index in [0.717, 1.165) is 5.56 Å². The number of hydrogen-bond donors (Lipinski definition) is 1. The van der Waals surface area contributed by atoms with E-state index in [1.54, 1.807) is 19.1 Å². The molecule has 2 aromatic carbocycles. The Morgan fingerprint density at radius 2 is 2.00 bits per heavy atom. The minimum absolute atomic E-state index is 0.0399. The number of carbonyl (C=O) groups excluding carboxylic acids is 1. The fourth-order valence-corrected chi connectivity index (χ4v) is 3.92. The van der Waals surface area contributed by atoms with Crippen LogP contribution in [0.25, 0.3) is 0 Å². The molecule has 27 heavy (non-hydrogen) atoms. The molecule has 138 valence electrons. The molecule has 7 nitrogen and oxygen atoms in total. The number of thioether (sulfide) groups is 1. The Kier molecular flexibility index (Phi) is 5.77. The van der Waals surface area contributed by atoms with Gasteiger partial charge in [-0.15, -0.1) is 10.2 Å². The molecule has 3 rings (SSSR count). The first-order chi connectivity index (χ1) is 12.9. The summed E-state index contributed by atoms with van der Waals surface area (Å²) < 4.78 is 13.6. The third-order valence-corrected chi connectivity index (χ3v) is 5.60. The number of aryl methyl sites for hydroxylation is 1. The van der Waals surface area contributed by atoms with E-state index in [9.17, 15) is 19.3 Å². The van der Waals surface area contributed by atoms with Gasteiger partial charge >= 0.3 is 0 Å². The standard InChI is InChI=1S/C17H13FN4O3S2/c1-10-8-12(4-7-14(10)22(24)25)15(23)19-16-20-21-17(27-16)26-9-11-2-5-13(18)6-3-11/h2-8H,9H2,1H3,(H,19,20,23). The Hall–Kier alpha value is -2.85. The summed E-state index contributed by atoms with van der Waals surface area (Å²) in [5, 5.41) is 21.7. The van der Waals surface area contributed by atoms with Gasteiger partial charge in [0.15, 0.2) is 4.34 Å². The van der Waals surface area contributed by atoms with E-state index in [-0.39, 0.29) is 11.5 Å². The molecule has 0 spiro atoms. The highest BCUT2D eigenvalue weighted by molar-refractivity contribution is 8.00. The Balaban J connectivity index is 1.61. The molecule has 0 aliphatic rings. The predicted molar refractivity (Wildman–Crippen MR) is 102 cm³/mol. The van der Waals surface area contributed by atoms with E-state index in [1.807, 2.05) is 0 Å². The lowest BCUT2D eigenvalue weighted by Gasteiger charge is -2.03. The van der Waals surface area contributed by atoms with Gasteiger partial charge in [0.1, 0.15) is 5.82 Å². The summed E-state index contributed by atoms with van der Waals surface area (Å²) >= 11 is 2.64. The first-order valence-corrected chi connectivity index (χ1v) is 9.50. The Morgan fingerprint density at radius 1 is 1.26 bits per heavy atom. The maximum atomic E-state index is 12.9. The van der Waals surface area contributed by atoms with Crippen molar-refractivity contribution in [3.8, 4) is 0 Å². The van der Waals surface area contributed by atoms with Crippen molar-refractivity contribution in [3.05, 3.63) is 75.1 Å². The van der Waals surface area contributed by atoms with Crippen LogP contribution in [0.5, 0.6) is 0 Å². The van der Waals surface area contributed by atoms with Crippen molar-refractivity contribution >= 4 is 39.8 Å². The molecule has 1 heterocycles. The number of anilines is 1. The number of carbonyl (C=O) groups is 1. The van der Waals surface area contributed by atoms with Gasteiger partial charge in [-0.1, -0.05) is 35.2 Å². The highest BCUT2D eigenvalue weighted by Crippen LogP contribution is 2.29. The molecule has 0 aliphatic heterocycles. The zero-order chi connectivity index (χ0) is 19.4. The number of amides is 1. The average Bonchev–Trinajstić information content (AvgIpc) is 3.08. The summed E-state index contributed by atoms with van der Waals surface area (Å²) in [6.07, 6.45) is 0. The van der Waals surface area contributed by atoms with Crippen LogP contribution in [0.2, 0.25) is 0 Å². The molecule has 0 fully saturated rings. The number of nitro groups is 1. The lowest BCUT2D eigenvalue weighted by atomic mass is 10.1. The van der Waals surface area contributed by atoms with Crippen LogP contribution in [0.15, 0.2) is 46.8 Å². The SMILES string of the molecule is Cc1cc(C(=O)Nc2nnc(SCc3ccc(F)cc3)s2)ccc1[N+](=O)[O-]. The lowest BCUT2D eigenvalue weighted by molar-refractivity contribution is -0.385. The fourth-order valence-electron chi connectivity index (χ4n) is 2.22. The number of nitrogens with one attached hydrogen (secondary N) is 1. The molecule has 3 aromatic rings. The maximum absolute atomic E-state index is 12.9. The van der Waals surface area contributed by atoms with E-state index in [2.05, 4.69) is 15.5 Å². The van der Waals surface area contributed by atoms with Crippen LogP contribution >= 0.6 is 23.1 Å². The minimum atomic E-state index is -0.494. The Bertz CT molecular complexity index is 992. The molecule has 0 unspecified atom stereocenters. The normalized spacial score (nSPS) is 10.6. The third kappa shape index (κ3) is 4.86. The number of benzene rings is 2. The predicted octanol–water partition coefficient (Wildman–Crippen LogP) is 4.44. The zero-order valence-corrected chi connectivity index (χ0v) is 15.6. The number of halogens is 1. The smallest absolute Gasteiger partial charge is 0.272 e. The largest absolute Gasteiger partial charge is 0.296 e. The molecule has 0 saturated heterocycles. The zero-order valence-electron chi connectivity index (χ0n) is 14.0. The summed E-state index contributed by atoms with van der Waals surface area (Å²) in [7, 11) is 0. The molecule has 1 aromatic heterocycles. The van der Waals surface area contributed by atoms with Crippen LogP contribution in [0.4, 0.5) is 15.2 Å². The van der Waals surface area contributed by atoms with Crippen molar-refractivity contribution in [2.24, 2.45) is 0 Å². The van der Waals surface area contributed by atoms with Gasteiger partial charge in [0.2, 0.25) is 5.13 Å². The minimum Gasteiger partial charge on any atom is -0.296 e. The second kappa shape index (κ2) is 8.23. The van der Waals surface area contributed by atoms with Crippen molar-refractivity contribution in [1.29, 1.82) is 0 Å². The van der Waals surface area contributed by atoms with Crippen LogP contribution in [0.1, 0.15) is 21.5 Å². The number of aromatic nitrogens is 2. The van der Waals surface area contributed by atoms with Crippen molar-refractivity contribution in [3.63, 3.8) is 0 Å². The fraction of sp³-hybridized carbons (Fsp3) is 0.118. The van der Waals surface area contributed by atoms with Crippen molar-refractivity contribution in [1.82, 2.24) is 10.2 Å². The van der Waals surface area contributed by atoms with E-state index in [0.29, 0.717) is 26.4 Å². The van der Waals surface area contributed by atoms with Crippen LogP contribution in [-0.4, -0.2) is 21.0 Å². The summed E-state index contributed by atoms with van der Waals surface area (Å²) in [5.41, 5.74) is 1.61.